The molecule has 1 aliphatic rings. The Morgan fingerprint density at radius 1 is 1.57 bits per heavy atom. The van der Waals surface area contributed by atoms with Crippen molar-refractivity contribution in [2.75, 3.05) is 6.54 Å². The molecule has 0 unspecified atom stereocenters. The van der Waals surface area contributed by atoms with Crippen molar-refractivity contribution in [3.05, 3.63) is 16.1 Å². The smallest absolute Gasteiger partial charge is 0.230 e. The minimum atomic E-state index is -0.0685. The van der Waals surface area contributed by atoms with E-state index >= 15 is 0 Å². The van der Waals surface area contributed by atoms with Crippen molar-refractivity contribution < 1.29 is 9.59 Å². The van der Waals surface area contributed by atoms with Crippen LogP contribution in [0.4, 0.5) is 0 Å². The maximum absolute atomic E-state index is 11.3. The van der Waals surface area contributed by atoms with Gasteiger partial charge in [-0.1, -0.05) is 0 Å². The van der Waals surface area contributed by atoms with Crippen LogP contribution in [-0.2, 0) is 16.1 Å². The highest BCUT2D eigenvalue weighted by Crippen LogP contribution is 2.17. The van der Waals surface area contributed by atoms with Crippen LogP contribution in [0.2, 0.25) is 0 Å². The SMILES string of the molecule is Cc1ncc(CN2CC(=O)CC2=O)s1. The highest BCUT2D eigenvalue weighted by Gasteiger charge is 2.27. The first-order chi connectivity index (χ1) is 6.65. The molecule has 1 aliphatic heterocycles. The Labute approximate surface area is 85.6 Å². The fraction of sp³-hybridized carbons (Fsp3) is 0.444. The Hall–Kier alpha value is -1.23. The molecule has 0 aliphatic carbocycles. The van der Waals surface area contributed by atoms with Gasteiger partial charge in [-0.3, -0.25) is 9.59 Å². The molecular weight excluding hydrogens is 200 g/mol. The highest BCUT2D eigenvalue weighted by atomic mass is 32.1. The number of carbonyl (C=O) groups excluding carboxylic acids is 2. The zero-order valence-electron chi connectivity index (χ0n) is 7.82. The first-order valence-electron chi connectivity index (χ1n) is 4.36. The molecule has 0 aromatic carbocycles. The van der Waals surface area contributed by atoms with Gasteiger partial charge in [-0.05, 0) is 6.92 Å². The Morgan fingerprint density at radius 2 is 2.36 bits per heavy atom. The topological polar surface area (TPSA) is 50.3 Å². The summed E-state index contributed by atoms with van der Waals surface area (Å²) >= 11 is 1.56. The summed E-state index contributed by atoms with van der Waals surface area (Å²) in [4.78, 5) is 29.0. The molecule has 0 bridgehead atoms. The Morgan fingerprint density at radius 3 is 2.86 bits per heavy atom. The van der Waals surface area contributed by atoms with Crippen molar-refractivity contribution in [3.8, 4) is 0 Å². The molecule has 1 fully saturated rings. The van der Waals surface area contributed by atoms with Crippen molar-refractivity contribution in [1.29, 1.82) is 0 Å². The number of ketones is 1. The number of likely N-dealkylation sites (tertiary alicyclic amines) is 1. The average molecular weight is 210 g/mol. The zero-order chi connectivity index (χ0) is 10.1. The number of carbonyl (C=O) groups is 2. The van der Waals surface area contributed by atoms with E-state index in [0.29, 0.717) is 6.54 Å². The normalized spacial score (nSPS) is 16.8. The maximum atomic E-state index is 11.3. The molecule has 0 spiro atoms. The number of thiazole rings is 1. The molecule has 14 heavy (non-hydrogen) atoms. The van der Waals surface area contributed by atoms with E-state index in [1.165, 1.54) is 0 Å². The Bertz CT molecular complexity index is 386. The first-order valence-corrected chi connectivity index (χ1v) is 5.17. The predicted molar refractivity (Wildman–Crippen MR) is 51.9 cm³/mol. The lowest BCUT2D eigenvalue weighted by Crippen LogP contribution is -2.24. The van der Waals surface area contributed by atoms with Crippen molar-refractivity contribution in [2.24, 2.45) is 0 Å². The fourth-order valence-electron chi connectivity index (χ4n) is 1.45. The molecule has 4 nitrogen and oxygen atoms in total. The first kappa shape index (κ1) is 9.33. The van der Waals surface area contributed by atoms with Gasteiger partial charge in [-0.15, -0.1) is 11.3 Å². The van der Waals surface area contributed by atoms with Crippen LogP contribution in [0.25, 0.3) is 0 Å². The van der Waals surface area contributed by atoms with Gasteiger partial charge in [0.2, 0.25) is 5.91 Å². The molecular formula is C9H10N2O2S. The second-order valence-electron chi connectivity index (χ2n) is 3.31. The maximum Gasteiger partial charge on any atom is 0.230 e. The number of amides is 1. The summed E-state index contributed by atoms with van der Waals surface area (Å²) in [7, 11) is 0. The van der Waals surface area contributed by atoms with Crippen LogP contribution < -0.4 is 0 Å². The molecule has 0 radical (unpaired) electrons. The minimum Gasteiger partial charge on any atom is -0.330 e. The van der Waals surface area contributed by atoms with Crippen LogP contribution in [0.1, 0.15) is 16.3 Å². The van der Waals surface area contributed by atoms with Gasteiger partial charge in [0.05, 0.1) is 24.5 Å². The number of aromatic nitrogens is 1. The molecule has 0 N–H and O–H groups in total. The third-order valence-electron chi connectivity index (χ3n) is 2.08. The molecule has 2 rings (SSSR count). The van der Waals surface area contributed by atoms with E-state index in [1.54, 1.807) is 22.4 Å². The van der Waals surface area contributed by atoms with E-state index in [-0.39, 0.29) is 24.7 Å². The second kappa shape index (κ2) is 3.49. The quantitative estimate of drug-likeness (QED) is 0.677. The van der Waals surface area contributed by atoms with Crippen molar-refractivity contribution >= 4 is 23.0 Å². The summed E-state index contributed by atoms with van der Waals surface area (Å²) in [5, 5.41) is 0.984. The predicted octanol–water partition coefficient (Wildman–Crippen LogP) is 0.753. The third kappa shape index (κ3) is 1.82. The molecule has 5 heteroatoms. The van der Waals surface area contributed by atoms with Crippen LogP contribution >= 0.6 is 11.3 Å². The molecule has 2 heterocycles. The summed E-state index contributed by atoms with van der Waals surface area (Å²) in [6.45, 7) is 2.71. The molecule has 1 amide bonds. The summed E-state index contributed by atoms with van der Waals surface area (Å²) < 4.78 is 0. The van der Waals surface area contributed by atoms with Gasteiger partial charge < -0.3 is 4.90 Å². The molecule has 1 saturated heterocycles. The molecule has 0 saturated carbocycles. The number of rotatable bonds is 2. The van der Waals surface area contributed by atoms with Gasteiger partial charge in [0.25, 0.3) is 0 Å². The largest absolute Gasteiger partial charge is 0.330 e. The van der Waals surface area contributed by atoms with Gasteiger partial charge >= 0.3 is 0 Å². The standard InChI is InChI=1S/C9H10N2O2S/c1-6-10-3-8(14-6)5-11-4-7(12)2-9(11)13/h3H,2,4-5H2,1H3. The fourth-order valence-corrected chi connectivity index (χ4v) is 2.26. The number of hydrogen-bond donors (Lipinski definition) is 0. The van der Waals surface area contributed by atoms with Gasteiger partial charge in [-0.25, -0.2) is 4.98 Å². The minimum absolute atomic E-state index is 0.0104. The number of aryl methyl sites for hydroxylation is 1. The molecule has 1 aromatic rings. The molecule has 74 valence electrons. The van der Waals surface area contributed by atoms with E-state index < -0.39 is 0 Å². The number of Topliss-reactive ketones (excluding diaryl/α,β-unsaturated/α-hetero) is 1. The van der Waals surface area contributed by atoms with Crippen LogP contribution in [-0.4, -0.2) is 28.1 Å². The number of hydrogen-bond acceptors (Lipinski definition) is 4. The highest BCUT2D eigenvalue weighted by molar-refractivity contribution is 7.11. The third-order valence-corrected chi connectivity index (χ3v) is 2.98. The van der Waals surface area contributed by atoms with Gasteiger partial charge in [0.15, 0.2) is 5.78 Å². The monoisotopic (exact) mass is 210 g/mol. The van der Waals surface area contributed by atoms with Crippen LogP contribution in [0.3, 0.4) is 0 Å². The van der Waals surface area contributed by atoms with E-state index in [1.807, 2.05) is 6.92 Å². The van der Waals surface area contributed by atoms with Crippen LogP contribution in [0.15, 0.2) is 6.20 Å². The summed E-state index contributed by atoms with van der Waals surface area (Å²) in [5.74, 6) is -0.0581. The Kier molecular flexibility index (Phi) is 2.33. The van der Waals surface area contributed by atoms with Gasteiger partial charge in [0.1, 0.15) is 0 Å². The van der Waals surface area contributed by atoms with E-state index in [9.17, 15) is 9.59 Å². The molecule has 1 aromatic heterocycles. The zero-order valence-corrected chi connectivity index (χ0v) is 8.63. The van der Waals surface area contributed by atoms with Crippen molar-refractivity contribution in [3.63, 3.8) is 0 Å². The van der Waals surface area contributed by atoms with Crippen molar-refractivity contribution in [1.82, 2.24) is 9.88 Å². The summed E-state index contributed by atoms with van der Waals surface area (Å²) in [6.07, 6.45) is 1.83. The molecule has 0 atom stereocenters. The summed E-state index contributed by atoms with van der Waals surface area (Å²) in [6, 6.07) is 0. The van der Waals surface area contributed by atoms with Crippen LogP contribution in [0.5, 0.6) is 0 Å². The second-order valence-corrected chi connectivity index (χ2v) is 4.63. The van der Waals surface area contributed by atoms with Crippen LogP contribution in [0, 0.1) is 6.92 Å². The van der Waals surface area contributed by atoms with Gasteiger partial charge in [-0.2, -0.15) is 0 Å². The van der Waals surface area contributed by atoms with E-state index in [4.69, 9.17) is 0 Å². The van der Waals surface area contributed by atoms with Crippen molar-refractivity contribution in [2.45, 2.75) is 19.9 Å². The Balaban J connectivity index is 2.05. The van der Waals surface area contributed by atoms with E-state index in [2.05, 4.69) is 4.98 Å². The van der Waals surface area contributed by atoms with Gasteiger partial charge in [0, 0.05) is 11.1 Å². The van der Waals surface area contributed by atoms with E-state index in [0.717, 1.165) is 9.88 Å². The lowest BCUT2D eigenvalue weighted by atomic mass is 10.3. The average Bonchev–Trinajstić information content (AvgIpc) is 2.61. The lowest BCUT2D eigenvalue weighted by molar-refractivity contribution is -0.128. The summed E-state index contributed by atoms with van der Waals surface area (Å²) in [5.41, 5.74) is 0. The number of nitrogens with zero attached hydrogens (tertiary/aromatic N) is 2. The lowest BCUT2D eigenvalue weighted by Gasteiger charge is -2.11.